The van der Waals surface area contributed by atoms with Gasteiger partial charge in [-0.3, -0.25) is 0 Å². The molecule has 1 saturated heterocycles. The lowest BCUT2D eigenvalue weighted by Gasteiger charge is -2.44. The van der Waals surface area contributed by atoms with Crippen molar-refractivity contribution in [3.63, 3.8) is 0 Å². The second-order valence-electron chi connectivity index (χ2n) is 5.55. The summed E-state index contributed by atoms with van der Waals surface area (Å²) in [6.07, 6.45) is 5.79. The number of likely N-dealkylation sites (tertiary alicyclic amines) is 1. The molecule has 15 heavy (non-hydrogen) atoms. The summed E-state index contributed by atoms with van der Waals surface area (Å²) in [7, 11) is 0. The van der Waals surface area contributed by atoms with Crippen LogP contribution in [0.3, 0.4) is 0 Å². The van der Waals surface area contributed by atoms with Gasteiger partial charge in [0.05, 0.1) is 6.61 Å². The molecule has 0 bridgehead atoms. The van der Waals surface area contributed by atoms with Crippen LogP contribution in [0.25, 0.3) is 0 Å². The van der Waals surface area contributed by atoms with Gasteiger partial charge in [0.2, 0.25) is 0 Å². The molecule has 0 aromatic carbocycles. The Kier molecular flexibility index (Phi) is 3.33. The zero-order valence-electron chi connectivity index (χ0n) is 9.78. The molecule has 0 radical (unpaired) electrons. The van der Waals surface area contributed by atoms with E-state index in [1.807, 2.05) is 0 Å². The molecule has 2 fully saturated rings. The predicted octanol–water partition coefficient (Wildman–Crippen LogP) is 0.961. The van der Waals surface area contributed by atoms with Crippen molar-refractivity contribution in [1.82, 2.24) is 4.90 Å². The first-order valence-electron chi connectivity index (χ1n) is 6.28. The molecule has 3 nitrogen and oxygen atoms in total. The molecule has 1 saturated carbocycles. The maximum absolute atomic E-state index is 9.35. The van der Waals surface area contributed by atoms with Crippen LogP contribution in [0.5, 0.6) is 0 Å². The van der Waals surface area contributed by atoms with Crippen molar-refractivity contribution in [3.8, 4) is 0 Å². The van der Waals surface area contributed by atoms with E-state index in [2.05, 4.69) is 11.8 Å². The van der Waals surface area contributed by atoms with Gasteiger partial charge in [-0.2, -0.15) is 0 Å². The molecule has 1 aliphatic heterocycles. The minimum Gasteiger partial charge on any atom is -0.394 e. The van der Waals surface area contributed by atoms with Crippen LogP contribution in [0.15, 0.2) is 0 Å². The number of hydrogen-bond donors (Lipinski definition) is 2. The zero-order chi connectivity index (χ0) is 10.9. The molecule has 1 heterocycles. The standard InChI is InChI=1S/C12H24N2O/c1-10-4-5-12(13,9-15)8-11(10)14-6-2-3-7-14/h10-11,15H,2-9,13H2,1H3. The maximum atomic E-state index is 9.35. The van der Waals surface area contributed by atoms with Gasteiger partial charge in [0.15, 0.2) is 0 Å². The van der Waals surface area contributed by atoms with Crippen LogP contribution in [0.4, 0.5) is 0 Å². The van der Waals surface area contributed by atoms with E-state index in [1.54, 1.807) is 0 Å². The quantitative estimate of drug-likeness (QED) is 0.717. The molecule has 0 spiro atoms. The normalized spacial score (nSPS) is 43.4. The fourth-order valence-electron chi connectivity index (χ4n) is 3.13. The largest absolute Gasteiger partial charge is 0.394 e. The predicted molar refractivity (Wildman–Crippen MR) is 61.6 cm³/mol. The van der Waals surface area contributed by atoms with Crippen molar-refractivity contribution in [2.45, 2.75) is 50.6 Å². The molecule has 3 atom stereocenters. The number of nitrogens with two attached hydrogens (primary N) is 1. The molecular weight excluding hydrogens is 188 g/mol. The van der Waals surface area contributed by atoms with E-state index in [1.165, 1.54) is 25.9 Å². The van der Waals surface area contributed by atoms with Crippen molar-refractivity contribution in [3.05, 3.63) is 0 Å². The SMILES string of the molecule is CC1CCC(N)(CO)CC1N1CCCC1. The van der Waals surface area contributed by atoms with Gasteiger partial charge in [-0.25, -0.2) is 0 Å². The van der Waals surface area contributed by atoms with Crippen LogP contribution in [-0.4, -0.2) is 41.3 Å². The van der Waals surface area contributed by atoms with Crippen molar-refractivity contribution in [2.24, 2.45) is 11.7 Å². The molecule has 2 aliphatic rings. The first-order chi connectivity index (χ1) is 7.14. The van der Waals surface area contributed by atoms with Crippen LogP contribution in [-0.2, 0) is 0 Å². The Morgan fingerprint density at radius 1 is 1.40 bits per heavy atom. The third kappa shape index (κ3) is 2.35. The second kappa shape index (κ2) is 4.40. The molecule has 2 rings (SSSR count). The highest BCUT2D eigenvalue weighted by Crippen LogP contribution is 2.34. The lowest BCUT2D eigenvalue weighted by molar-refractivity contribution is 0.0610. The van der Waals surface area contributed by atoms with E-state index in [-0.39, 0.29) is 12.1 Å². The fraction of sp³-hybridized carbons (Fsp3) is 1.00. The van der Waals surface area contributed by atoms with Gasteiger partial charge in [-0.15, -0.1) is 0 Å². The highest BCUT2D eigenvalue weighted by molar-refractivity contribution is 4.97. The maximum Gasteiger partial charge on any atom is 0.0611 e. The number of nitrogens with zero attached hydrogens (tertiary/aromatic N) is 1. The van der Waals surface area contributed by atoms with Crippen LogP contribution in [0.1, 0.15) is 39.0 Å². The highest BCUT2D eigenvalue weighted by Gasteiger charge is 2.39. The Balaban J connectivity index is 2.01. The van der Waals surface area contributed by atoms with Crippen molar-refractivity contribution < 1.29 is 5.11 Å². The van der Waals surface area contributed by atoms with E-state index in [4.69, 9.17) is 5.73 Å². The third-order valence-corrected chi connectivity index (χ3v) is 4.29. The first-order valence-corrected chi connectivity index (χ1v) is 6.28. The summed E-state index contributed by atoms with van der Waals surface area (Å²) in [5.41, 5.74) is 5.90. The summed E-state index contributed by atoms with van der Waals surface area (Å²) in [5.74, 6) is 0.742. The van der Waals surface area contributed by atoms with Crippen LogP contribution >= 0.6 is 0 Å². The van der Waals surface area contributed by atoms with Crippen LogP contribution < -0.4 is 5.73 Å². The number of aliphatic hydroxyl groups excluding tert-OH is 1. The first kappa shape index (κ1) is 11.4. The Hall–Kier alpha value is -0.120. The van der Waals surface area contributed by atoms with Gasteiger partial charge in [0, 0.05) is 11.6 Å². The van der Waals surface area contributed by atoms with Crippen molar-refractivity contribution in [1.29, 1.82) is 0 Å². The number of rotatable bonds is 2. The summed E-state index contributed by atoms with van der Waals surface area (Å²) in [5, 5.41) is 9.35. The molecular formula is C12H24N2O. The molecule has 3 heteroatoms. The van der Waals surface area contributed by atoms with E-state index < -0.39 is 0 Å². The van der Waals surface area contributed by atoms with Crippen molar-refractivity contribution >= 4 is 0 Å². The summed E-state index contributed by atoms with van der Waals surface area (Å²) in [6, 6.07) is 0.610. The minimum absolute atomic E-state index is 0.143. The molecule has 1 aliphatic carbocycles. The summed E-state index contributed by atoms with van der Waals surface area (Å²) in [6.45, 7) is 4.94. The lowest BCUT2D eigenvalue weighted by Crippen LogP contribution is -2.55. The van der Waals surface area contributed by atoms with E-state index in [9.17, 15) is 5.11 Å². The van der Waals surface area contributed by atoms with Gasteiger partial charge < -0.3 is 15.7 Å². The molecule has 88 valence electrons. The van der Waals surface area contributed by atoms with Gasteiger partial charge in [0.1, 0.15) is 0 Å². The monoisotopic (exact) mass is 212 g/mol. The Labute approximate surface area is 92.6 Å². The molecule has 0 aromatic heterocycles. The van der Waals surface area contributed by atoms with Crippen LogP contribution in [0.2, 0.25) is 0 Å². The van der Waals surface area contributed by atoms with Gasteiger partial charge >= 0.3 is 0 Å². The Morgan fingerprint density at radius 2 is 2.07 bits per heavy atom. The summed E-state index contributed by atoms with van der Waals surface area (Å²) < 4.78 is 0. The summed E-state index contributed by atoms with van der Waals surface area (Å²) >= 11 is 0. The topological polar surface area (TPSA) is 49.5 Å². The highest BCUT2D eigenvalue weighted by atomic mass is 16.3. The van der Waals surface area contributed by atoms with Gasteiger partial charge in [-0.1, -0.05) is 6.92 Å². The molecule has 3 unspecified atom stereocenters. The smallest absolute Gasteiger partial charge is 0.0611 e. The molecule has 0 amide bonds. The van der Waals surface area contributed by atoms with Gasteiger partial charge in [-0.05, 0) is 51.1 Å². The van der Waals surface area contributed by atoms with Gasteiger partial charge in [0.25, 0.3) is 0 Å². The third-order valence-electron chi connectivity index (χ3n) is 4.29. The average Bonchev–Trinajstić information content (AvgIpc) is 2.75. The summed E-state index contributed by atoms with van der Waals surface area (Å²) in [4.78, 5) is 2.58. The average molecular weight is 212 g/mol. The van der Waals surface area contributed by atoms with Crippen LogP contribution in [0, 0.1) is 5.92 Å². The number of aliphatic hydroxyl groups is 1. The lowest BCUT2D eigenvalue weighted by atomic mass is 9.74. The fourth-order valence-corrected chi connectivity index (χ4v) is 3.13. The van der Waals surface area contributed by atoms with E-state index in [0.717, 1.165) is 25.2 Å². The van der Waals surface area contributed by atoms with Crippen molar-refractivity contribution in [2.75, 3.05) is 19.7 Å². The Bertz CT molecular complexity index is 216. The minimum atomic E-state index is -0.306. The Morgan fingerprint density at radius 3 is 2.67 bits per heavy atom. The zero-order valence-corrected chi connectivity index (χ0v) is 9.78. The number of hydrogen-bond acceptors (Lipinski definition) is 3. The second-order valence-corrected chi connectivity index (χ2v) is 5.55. The molecule has 3 N–H and O–H groups in total. The molecule has 0 aromatic rings. The van der Waals surface area contributed by atoms with E-state index >= 15 is 0 Å². The van der Waals surface area contributed by atoms with E-state index in [0.29, 0.717) is 6.04 Å².